The van der Waals surface area contributed by atoms with Crippen molar-refractivity contribution in [2.75, 3.05) is 13.1 Å². The van der Waals surface area contributed by atoms with E-state index in [0.717, 1.165) is 19.3 Å². The molecule has 0 bridgehead atoms. The van der Waals surface area contributed by atoms with Crippen LogP contribution in [0.1, 0.15) is 26.2 Å². The van der Waals surface area contributed by atoms with Gasteiger partial charge in [0, 0.05) is 12.5 Å². The van der Waals surface area contributed by atoms with Gasteiger partial charge in [0.05, 0.1) is 6.54 Å². The van der Waals surface area contributed by atoms with E-state index in [1.807, 2.05) is 13.0 Å². The van der Waals surface area contributed by atoms with Gasteiger partial charge in [0.25, 0.3) is 0 Å². The molecule has 2 amide bonds. The van der Waals surface area contributed by atoms with Gasteiger partial charge in [-0.2, -0.15) is 0 Å². The molecule has 0 aliphatic heterocycles. The maximum atomic E-state index is 11.6. The highest BCUT2D eigenvalue weighted by atomic mass is 16.2. The summed E-state index contributed by atoms with van der Waals surface area (Å²) >= 11 is 0. The lowest BCUT2D eigenvalue weighted by atomic mass is 9.94. The Labute approximate surface area is 90.1 Å². The van der Waals surface area contributed by atoms with Crippen molar-refractivity contribution in [3.05, 3.63) is 12.2 Å². The molecule has 0 heterocycles. The van der Waals surface area contributed by atoms with Crippen molar-refractivity contribution in [1.82, 2.24) is 10.6 Å². The SMILES string of the molecule is CCNC(=O)CNC(=O)[C@H]1CC=CCC1. The molecular formula is C11H18N2O2. The number of rotatable bonds is 4. The van der Waals surface area contributed by atoms with Gasteiger partial charge in [-0.25, -0.2) is 0 Å². The van der Waals surface area contributed by atoms with Gasteiger partial charge < -0.3 is 10.6 Å². The highest BCUT2D eigenvalue weighted by molar-refractivity contribution is 5.85. The lowest BCUT2D eigenvalue weighted by Crippen LogP contribution is -2.39. The first-order chi connectivity index (χ1) is 7.24. The van der Waals surface area contributed by atoms with E-state index in [1.165, 1.54) is 0 Å². The molecule has 4 heteroatoms. The maximum absolute atomic E-state index is 11.6. The van der Waals surface area contributed by atoms with Crippen LogP contribution >= 0.6 is 0 Å². The van der Waals surface area contributed by atoms with Gasteiger partial charge in [-0.15, -0.1) is 0 Å². The lowest BCUT2D eigenvalue weighted by Gasteiger charge is -2.16. The van der Waals surface area contributed by atoms with Crippen LogP contribution in [0.4, 0.5) is 0 Å². The van der Waals surface area contributed by atoms with E-state index in [-0.39, 0.29) is 24.3 Å². The first-order valence-electron chi connectivity index (χ1n) is 5.43. The van der Waals surface area contributed by atoms with Gasteiger partial charge in [0.2, 0.25) is 11.8 Å². The van der Waals surface area contributed by atoms with E-state index in [9.17, 15) is 9.59 Å². The molecule has 1 atom stereocenters. The average molecular weight is 210 g/mol. The zero-order valence-corrected chi connectivity index (χ0v) is 9.08. The zero-order valence-electron chi connectivity index (χ0n) is 9.08. The second-order valence-corrected chi connectivity index (χ2v) is 3.65. The third-order valence-corrected chi connectivity index (χ3v) is 2.44. The molecule has 0 saturated heterocycles. The molecule has 0 aromatic carbocycles. The molecule has 0 aromatic heterocycles. The van der Waals surface area contributed by atoms with Gasteiger partial charge in [-0.1, -0.05) is 12.2 Å². The van der Waals surface area contributed by atoms with Crippen LogP contribution in [0.25, 0.3) is 0 Å². The maximum Gasteiger partial charge on any atom is 0.239 e. The summed E-state index contributed by atoms with van der Waals surface area (Å²) in [4.78, 5) is 22.7. The van der Waals surface area contributed by atoms with Gasteiger partial charge >= 0.3 is 0 Å². The van der Waals surface area contributed by atoms with E-state index in [4.69, 9.17) is 0 Å². The fraction of sp³-hybridized carbons (Fsp3) is 0.636. The second kappa shape index (κ2) is 6.22. The summed E-state index contributed by atoms with van der Waals surface area (Å²) in [5.41, 5.74) is 0. The number of carbonyl (C=O) groups excluding carboxylic acids is 2. The van der Waals surface area contributed by atoms with Gasteiger partial charge in [0.15, 0.2) is 0 Å². The fourth-order valence-electron chi connectivity index (χ4n) is 1.60. The summed E-state index contributed by atoms with van der Waals surface area (Å²) in [6, 6.07) is 0. The number of allylic oxidation sites excluding steroid dienone is 2. The van der Waals surface area contributed by atoms with E-state index >= 15 is 0 Å². The quantitative estimate of drug-likeness (QED) is 0.667. The number of hydrogen-bond acceptors (Lipinski definition) is 2. The van der Waals surface area contributed by atoms with E-state index in [0.29, 0.717) is 6.54 Å². The van der Waals surface area contributed by atoms with Gasteiger partial charge in [-0.3, -0.25) is 9.59 Å². The highest BCUT2D eigenvalue weighted by Gasteiger charge is 2.18. The summed E-state index contributed by atoms with van der Waals surface area (Å²) in [6.07, 6.45) is 6.76. The van der Waals surface area contributed by atoms with E-state index < -0.39 is 0 Å². The standard InChI is InChI=1S/C11H18N2O2/c1-2-12-10(14)8-13-11(15)9-6-4-3-5-7-9/h3-4,9H,2,5-8H2,1H3,(H,12,14)(H,13,15)/t9-/m0/s1. The summed E-state index contributed by atoms with van der Waals surface area (Å²) in [6.45, 7) is 2.54. The minimum atomic E-state index is -0.128. The molecule has 0 fully saturated rings. The van der Waals surface area contributed by atoms with Gasteiger partial charge in [-0.05, 0) is 26.2 Å². The average Bonchev–Trinajstić information content (AvgIpc) is 2.27. The molecule has 1 aliphatic carbocycles. The van der Waals surface area contributed by atoms with Crippen molar-refractivity contribution in [3.63, 3.8) is 0 Å². The molecule has 2 N–H and O–H groups in total. The topological polar surface area (TPSA) is 58.2 Å². The Hall–Kier alpha value is -1.32. The van der Waals surface area contributed by atoms with Crippen molar-refractivity contribution in [2.45, 2.75) is 26.2 Å². The van der Waals surface area contributed by atoms with Crippen LogP contribution in [0.2, 0.25) is 0 Å². The van der Waals surface area contributed by atoms with Crippen molar-refractivity contribution in [3.8, 4) is 0 Å². The number of carbonyl (C=O) groups is 2. The highest BCUT2D eigenvalue weighted by Crippen LogP contribution is 2.17. The fourth-order valence-corrected chi connectivity index (χ4v) is 1.60. The molecule has 15 heavy (non-hydrogen) atoms. The smallest absolute Gasteiger partial charge is 0.239 e. The minimum absolute atomic E-state index is 0.00870. The predicted octanol–water partition coefficient (Wildman–Crippen LogP) is 0.595. The van der Waals surface area contributed by atoms with Crippen LogP contribution in [0.15, 0.2) is 12.2 Å². The second-order valence-electron chi connectivity index (χ2n) is 3.65. The lowest BCUT2D eigenvalue weighted by molar-refractivity contribution is -0.128. The van der Waals surface area contributed by atoms with Crippen LogP contribution in [0, 0.1) is 5.92 Å². The monoisotopic (exact) mass is 210 g/mol. The van der Waals surface area contributed by atoms with Crippen molar-refractivity contribution in [1.29, 1.82) is 0 Å². The molecule has 1 rings (SSSR count). The third-order valence-electron chi connectivity index (χ3n) is 2.44. The molecule has 0 spiro atoms. The molecule has 0 saturated carbocycles. The van der Waals surface area contributed by atoms with Gasteiger partial charge in [0.1, 0.15) is 0 Å². The Morgan fingerprint density at radius 3 is 2.73 bits per heavy atom. The molecular weight excluding hydrogens is 192 g/mol. The molecule has 0 aromatic rings. The van der Waals surface area contributed by atoms with Crippen LogP contribution in [0.5, 0.6) is 0 Å². The number of amides is 2. The molecule has 84 valence electrons. The van der Waals surface area contributed by atoms with Crippen molar-refractivity contribution in [2.24, 2.45) is 5.92 Å². The summed E-state index contributed by atoms with van der Waals surface area (Å²) in [5, 5.41) is 5.29. The van der Waals surface area contributed by atoms with E-state index in [2.05, 4.69) is 16.7 Å². The number of likely N-dealkylation sites (N-methyl/N-ethyl adjacent to an activating group) is 1. The molecule has 1 aliphatic rings. The van der Waals surface area contributed by atoms with Crippen LogP contribution in [-0.4, -0.2) is 24.9 Å². The Balaban J connectivity index is 2.23. The Bertz CT molecular complexity index is 261. The Kier molecular flexibility index (Phi) is 4.87. The van der Waals surface area contributed by atoms with Crippen molar-refractivity contribution < 1.29 is 9.59 Å². The number of hydrogen-bond donors (Lipinski definition) is 2. The van der Waals surface area contributed by atoms with Crippen LogP contribution < -0.4 is 10.6 Å². The summed E-state index contributed by atoms with van der Waals surface area (Å²) in [7, 11) is 0. The Morgan fingerprint density at radius 2 is 2.13 bits per heavy atom. The largest absolute Gasteiger partial charge is 0.355 e. The zero-order chi connectivity index (χ0) is 11.1. The predicted molar refractivity (Wildman–Crippen MR) is 58.2 cm³/mol. The molecule has 0 radical (unpaired) electrons. The summed E-state index contributed by atoms with van der Waals surface area (Å²) in [5.74, 6) is -0.0905. The third kappa shape index (κ3) is 4.14. The molecule has 0 unspecified atom stereocenters. The van der Waals surface area contributed by atoms with Crippen LogP contribution in [-0.2, 0) is 9.59 Å². The molecule has 4 nitrogen and oxygen atoms in total. The first-order valence-corrected chi connectivity index (χ1v) is 5.43. The van der Waals surface area contributed by atoms with E-state index in [1.54, 1.807) is 0 Å². The first kappa shape index (κ1) is 11.8. The normalized spacial score (nSPS) is 19.7. The minimum Gasteiger partial charge on any atom is -0.355 e. The van der Waals surface area contributed by atoms with Crippen molar-refractivity contribution >= 4 is 11.8 Å². The Morgan fingerprint density at radius 1 is 1.33 bits per heavy atom. The summed E-state index contributed by atoms with van der Waals surface area (Å²) < 4.78 is 0. The number of nitrogens with one attached hydrogen (secondary N) is 2. The van der Waals surface area contributed by atoms with Crippen LogP contribution in [0.3, 0.4) is 0 Å².